The van der Waals surface area contributed by atoms with E-state index in [1.54, 1.807) is 0 Å². The molecule has 0 spiro atoms. The van der Waals surface area contributed by atoms with Crippen LogP contribution in [0.5, 0.6) is 0 Å². The highest BCUT2D eigenvalue weighted by atomic mass is 15.2. The van der Waals surface area contributed by atoms with Crippen molar-refractivity contribution in [1.29, 1.82) is 0 Å². The van der Waals surface area contributed by atoms with Crippen molar-refractivity contribution < 1.29 is 0 Å². The molecule has 4 heteroatoms. The van der Waals surface area contributed by atoms with Crippen LogP contribution in [0.4, 0.5) is 22.7 Å². The van der Waals surface area contributed by atoms with Gasteiger partial charge in [-0.25, -0.2) is 0 Å². The lowest BCUT2D eigenvalue weighted by Crippen LogP contribution is -2.22. The molecule has 1 aliphatic heterocycles. The molecule has 4 nitrogen and oxygen atoms in total. The molecule has 0 atom stereocenters. The maximum absolute atomic E-state index is 4.37. The lowest BCUT2D eigenvalue weighted by atomic mass is 9.84. The molecule has 0 aliphatic carbocycles. The number of para-hydroxylation sites is 2. The second kappa shape index (κ2) is 7.31. The van der Waals surface area contributed by atoms with Gasteiger partial charge in [-0.2, -0.15) is 10.2 Å². The van der Waals surface area contributed by atoms with Gasteiger partial charge in [0.2, 0.25) is 0 Å². The summed E-state index contributed by atoms with van der Waals surface area (Å²) in [5.74, 6) is 0. The summed E-state index contributed by atoms with van der Waals surface area (Å²) in [7, 11) is 2.08. The molecular weight excluding hydrogens is 344 g/mol. The summed E-state index contributed by atoms with van der Waals surface area (Å²) in [6.07, 6.45) is 1.87. The zero-order chi connectivity index (χ0) is 19.6. The maximum atomic E-state index is 4.37. The molecule has 1 N–H and O–H groups in total. The first-order chi connectivity index (χ1) is 13.6. The zero-order valence-corrected chi connectivity index (χ0v) is 16.4. The van der Waals surface area contributed by atoms with Gasteiger partial charge < -0.3 is 10.2 Å². The fraction of sp³-hybridized carbons (Fsp3) is 0.167. The Balaban J connectivity index is 1.49. The molecule has 0 saturated carbocycles. The molecule has 3 aromatic carbocycles. The van der Waals surface area contributed by atoms with Crippen LogP contribution in [0.1, 0.15) is 19.4 Å². The summed E-state index contributed by atoms with van der Waals surface area (Å²) in [5, 5.41) is 12.1. The Labute approximate surface area is 166 Å². The number of hydrogen-bond acceptors (Lipinski definition) is 4. The van der Waals surface area contributed by atoms with E-state index < -0.39 is 0 Å². The maximum Gasteiger partial charge on any atom is 0.0858 e. The standard InChI is InChI=1S/C24H24N4/c1-24(2)21-11-7-8-12-22(21)28(3)23(24)17-25-27-20-15-13-19(14-16-20)26-18-9-5-4-6-10-18/h4-17,26H,1-3H3/b23-17+,27-25?. The van der Waals surface area contributed by atoms with E-state index in [1.807, 2.05) is 60.8 Å². The van der Waals surface area contributed by atoms with Crippen LogP contribution in [-0.2, 0) is 5.41 Å². The van der Waals surface area contributed by atoms with Crippen LogP contribution in [0.25, 0.3) is 0 Å². The van der Waals surface area contributed by atoms with Gasteiger partial charge in [0, 0.05) is 35.2 Å². The first-order valence-corrected chi connectivity index (χ1v) is 9.42. The van der Waals surface area contributed by atoms with E-state index in [4.69, 9.17) is 0 Å². The molecule has 4 rings (SSSR count). The fourth-order valence-electron chi connectivity index (χ4n) is 3.68. The van der Waals surface area contributed by atoms with E-state index in [1.165, 1.54) is 11.3 Å². The summed E-state index contributed by atoms with van der Waals surface area (Å²) < 4.78 is 0. The minimum Gasteiger partial charge on any atom is -0.356 e. The van der Waals surface area contributed by atoms with Gasteiger partial charge in [-0.1, -0.05) is 50.2 Å². The molecule has 3 aromatic rings. The minimum atomic E-state index is -0.0895. The van der Waals surface area contributed by atoms with E-state index in [9.17, 15) is 0 Å². The zero-order valence-electron chi connectivity index (χ0n) is 16.4. The highest BCUT2D eigenvalue weighted by Crippen LogP contribution is 2.46. The van der Waals surface area contributed by atoms with Gasteiger partial charge in [-0.15, -0.1) is 0 Å². The van der Waals surface area contributed by atoms with Gasteiger partial charge in [0.15, 0.2) is 0 Å². The van der Waals surface area contributed by atoms with Gasteiger partial charge in [0.05, 0.1) is 11.9 Å². The lowest BCUT2D eigenvalue weighted by molar-refractivity contribution is 0.637. The van der Waals surface area contributed by atoms with E-state index in [-0.39, 0.29) is 5.41 Å². The Morgan fingerprint density at radius 1 is 0.821 bits per heavy atom. The molecule has 28 heavy (non-hydrogen) atoms. The van der Waals surface area contributed by atoms with Gasteiger partial charge in [0.1, 0.15) is 0 Å². The predicted octanol–water partition coefficient (Wildman–Crippen LogP) is 6.78. The molecule has 0 bridgehead atoms. The monoisotopic (exact) mass is 368 g/mol. The average Bonchev–Trinajstić information content (AvgIpc) is 2.91. The van der Waals surface area contributed by atoms with Crippen molar-refractivity contribution >= 4 is 22.7 Å². The third-order valence-corrected chi connectivity index (χ3v) is 5.22. The van der Waals surface area contributed by atoms with E-state index in [0.717, 1.165) is 22.8 Å². The normalized spacial score (nSPS) is 16.5. The third kappa shape index (κ3) is 3.41. The number of likely N-dealkylation sites (N-methyl/N-ethyl adjacent to an activating group) is 1. The quantitative estimate of drug-likeness (QED) is 0.515. The van der Waals surface area contributed by atoms with E-state index in [2.05, 4.69) is 65.6 Å². The molecule has 0 fully saturated rings. The SMILES string of the molecule is CN1/C(=C/N=Nc2ccc(Nc3ccccc3)cc2)C(C)(C)c2ccccc21. The Morgan fingerprint density at radius 3 is 2.18 bits per heavy atom. The van der Waals surface area contributed by atoms with Crippen LogP contribution < -0.4 is 10.2 Å². The number of allylic oxidation sites excluding steroid dienone is 1. The summed E-state index contributed by atoms with van der Waals surface area (Å²) in [4.78, 5) is 2.20. The number of benzene rings is 3. The minimum absolute atomic E-state index is 0.0895. The molecule has 0 aromatic heterocycles. The van der Waals surface area contributed by atoms with Crippen LogP contribution in [0.2, 0.25) is 0 Å². The molecule has 0 saturated heterocycles. The summed E-state index contributed by atoms with van der Waals surface area (Å²) in [6, 6.07) is 26.5. The molecule has 0 amide bonds. The number of fused-ring (bicyclic) bond motifs is 1. The van der Waals surface area contributed by atoms with Crippen molar-refractivity contribution in [3.05, 3.63) is 96.3 Å². The Bertz CT molecular complexity index is 1020. The highest BCUT2D eigenvalue weighted by Gasteiger charge is 2.38. The van der Waals surface area contributed by atoms with Crippen molar-refractivity contribution in [2.75, 3.05) is 17.3 Å². The van der Waals surface area contributed by atoms with Crippen LogP contribution >= 0.6 is 0 Å². The van der Waals surface area contributed by atoms with E-state index in [0.29, 0.717) is 0 Å². The molecule has 0 unspecified atom stereocenters. The Kier molecular flexibility index (Phi) is 4.70. The summed E-state index contributed by atoms with van der Waals surface area (Å²) in [6.45, 7) is 4.45. The molecule has 140 valence electrons. The van der Waals surface area contributed by atoms with E-state index >= 15 is 0 Å². The second-order valence-corrected chi connectivity index (χ2v) is 7.47. The first kappa shape index (κ1) is 18.0. The van der Waals surface area contributed by atoms with Crippen molar-refractivity contribution in [1.82, 2.24) is 0 Å². The summed E-state index contributed by atoms with van der Waals surface area (Å²) >= 11 is 0. The van der Waals surface area contributed by atoms with Crippen molar-refractivity contribution in [3.63, 3.8) is 0 Å². The first-order valence-electron chi connectivity index (χ1n) is 9.42. The van der Waals surface area contributed by atoms with Crippen LogP contribution in [-0.4, -0.2) is 7.05 Å². The highest BCUT2D eigenvalue weighted by molar-refractivity contribution is 5.69. The van der Waals surface area contributed by atoms with Gasteiger partial charge in [-0.3, -0.25) is 0 Å². The number of hydrogen-bond donors (Lipinski definition) is 1. The molecule has 1 heterocycles. The number of nitrogens with zero attached hydrogens (tertiary/aromatic N) is 3. The van der Waals surface area contributed by atoms with Gasteiger partial charge >= 0.3 is 0 Å². The average molecular weight is 368 g/mol. The van der Waals surface area contributed by atoms with Crippen LogP contribution in [0.15, 0.2) is 101 Å². The Morgan fingerprint density at radius 2 is 1.46 bits per heavy atom. The number of azo groups is 1. The number of nitrogens with one attached hydrogen (secondary N) is 1. The van der Waals surface area contributed by atoms with Crippen molar-refractivity contribution in [2.24, 2.45) is 10.2 Å². The van der Waals surface area contributed by atoms with Gasteiger partial charge in [0.25, 0.3) is 0 Å². The lowest BCUT2D eigenvalue weighted by Gasteiger charge is -2.22. The molecular formula is C24H24N4. The Hall–Kier alpha value is -3.40. The number of rotatable bonds is 4. The van der Waals surface area contributed by atoms with Crippen molar-refractivity contribution in [3.8, 4) is 0 Å². The van der Waals surface area contributed by atoms with Crippen LogP contribution in [0.3, 0.4) is 0 Å². The third-order valence-electron chi connectivity index (χ3n) is 5.22. The number of anilines is 3. The molecule has 1 aliphatic rings. The largest absolute Gasteiger partial charge is 0.356 e. The smallest absolute Gasteiger partial charge is 0.0858 e. The van der Waals surface area contributed by atoms with Gasteiger partial charge in [-0.05, 0) is 48.0 Å². The summed E-state index contributed by atoms with van der Waals surface area (Å²) in [5.41, 5.74) is 6.50. The topological polar surface area (TPSA) is 40.0 Å². The molecule has 0 radical (unpaired) electrons. The van der Waals surface area contributed by atoms with Crippen LogP contribution in [0, 0.1) is 0 Å². The second-order valence-electron chi connectivity index (χ2n) is 7.47. The predicted molar refractivity (Wildman–Crippen MR) is 117 cm³/mol. The fourth-order valence-corrected chi connectivity index (χ4v) is 3.68. The van der Waals surface area contributed by atoms with Crippen molar-refractivity contribution in [2.45, 2.75) is 19.3 Å².